The first-order valence-electron chi connectivity index (χ1n) is 8.16. The Bertz CT molecular complexity index is 830. The van der Waals surface area contributed by atoms with E-state index in [0.29, 0.717) is 0 Å². The second kappa shape index (κ2) is 6.00. The Morgan fingerprint density at radius 1 is 0.864 bits per heavy atom. The van der Waals surface area contributed by atoms with Crippen molar-refractivity contribution in [3.8, 4) is 5.75 Å². The molecule has 3 rings (SSSR count). The van der Waals surface area contributed by atoms with Crippen molar-refractivity contribution >= 4 is 21.5 Å². The van der Waals surface area contributed by atoms with E-state index in [-0.39, 0.29) is 0 Å². The predicted molar refractivity (Wildman–Crippen MR) is 96.1 cm³/mol. The van der Waals surface area contributed by atoms with Crippen molar-refractivity contribution < 1.29 is 4.74 Å². The highest BCUT2D eigenvalue weighted by Gasteiger charge is 2.14. The quantitative estimate of drug-likeness (QED) is 0.539. The molecule has 0 bridgehead atoms. The van der Waals surface area contributed by atoms with Gasteiger partial charge in [-0.05, 0) is 65.4 Å². The summed E-state index contributed by atoms with van der Waals surface area (Å²) in [5, 5.41) is 5.46. The van der Waals surface area contributed by atoms with Gasteiger partial charge in [0.25, 0.3) is 0 Å². The molecule has 3 aromatic carbocycles. The minimum atomic E-state index is 1.02. The third-order valence-corrected chi connectivity index (χ3v) is 4.84. The van der Waals surface area contributed by atoms with E-state index in [1.807, 2.05) is 0 Å². The van der Waals surface area contributed by atoms with Crippen molar-refractivity contribution in [2.75, 3.05) is 7.11 Å². The topological polar surface area (TPSA) is 9.23 Å². The zero-order valence-corrected chi connectivity index (χ0v) is 14.0. The van der Waals surface area contributed by atoms with Crippen LogP contribution in [0.25, 0.3) is 21.5 Å². The van der Waals surface area contributed by atoms with Crippen LogP contribution in [0.5, 0.6) is 5.75 Å². The molecule has 0 aromatic heterocycles. The summed E-state index contributed by atoms with van der Waals surface area (Å²) in [6.45, 7) is 6.71. The molecule has 22 heavy (non-hydrogen) atoms. The molecule has 3 aromatic rings. The van der Waals surface area contributed by atoms with Gasteiger partial charge in [0.05, 0.1) is 7.11 Å². The van der Waals surface area contributed by atoms with Gasteiger partial charge >= 0.3 is 0 Å². The molecule has 0 N–H and O–H groups in total. The van der Waals surface area contributed by atoms with Crippen LogP contribution in [-0.4, -0.2) is 7.11 Å². The zero-order chi connectivity index (χ0) is 15.7. The molecule has 0 aliphatic carbocycles. The number of hydrogen-bond acceptors (Lipinski definition) is 1. The third kappa shape index (κ3) is 2.25. The number of unbranched alkanes of at least 4 members (excludes halogenated alkanes) is 1. The molecule has 0 fully saturated rings. The zero-order valence-electron chi connectivity index (χ0n) is 14.0. The van der Waals surface area contributed by atoms with Crippen LogP contribution >= 0.6 is 0 Å². The van der Waals surface area contributed by atoms with Gasteiger partial charge in [0.15, 0.2) is 0 Å². The van der Waals surface area contributed by atoms with Crippen LogP contribution < -0.4 is 4.74 Å². The SMILES string of the molecule is CCCCc1c(OC)ccc2c(C)c(C)c3ccccc3c12. The predicted octanol–water partition coefficient (Wildman–Crippen LogP) is 5.96. The lowest BCUT2D eigenvalue weighted by Gasteiger charge is -2.18. The van der Waals surface area contributed by atoms with Gasteiger partial charge in [-0.1, -0.05) is 43.7 Å². The van der Waals surface area contributed by atoms with Gasteiger partial charge in [-0.2, -0.15) is 0 Å². The Labute approximate surface area is 132 Å². The van der Waals surface area contributed by atoms with Crippen LogP contribution in [0.3, 0.4) is 0 Å². The second-order valence-corrected chi connectivity index (χ2v) is 6.07. The number of aryl methyl sites for hydroxylation is 3. The fraction of sp³-hybridized carbons (Fsp3) is 0.333. The number of benzene rings is 3. The molecule has 0 aliphatic heterocycles. The van der Waals surface area contributed by atoms with Crippen LogP contribution in [0.4, 0.5) is 0 Å². The van der Waals surface area contributed by atoms with Crippen LogP contribution in [0.15, 0.2) is 36.4 Å². The number of rotatable bonds is 4. The van der Waals surface area contributed by atoms with Gasteiger partial charge in [-0.3, -0.25) is 0 Å². The number of methoxy groups -OCH3 is 1. The summed E-state index contributed by atoms with van der Waals surface area (Å²) < 4.78 is 5.67. The summed E-state index contributed by atoms with van der Waals surface area (Å²) in [4.78, 5) is 0. The fourth-order valence-corrected chi connectivity index (χ4v) is 3.47. The molecule has 0 aliphatic rings. The van der Waals surface area contributed by atoms with E-state index >= 15 is 0 Å². The number of hydrogen-bond donors (Lipinski definition) is 0. The van der Waals surface area contributed by atoms with Crippen molar-refractivity contribution in [2.45, 2.75) is 40.0 Å². The molecule has 0 saturated carbocycles. The molecule has 0 radical (unpaired) electrons. The van der Waals surface area contributed by atoms with E-state index in [0.717, 1.165) is 12.2 Å². The number of fused-ring (bicyclic) bond motifs is 3. The summed E-state index contributed by atoms with van der Waals surface area (Å²) in [6.07, 6.45) is 3.46. The largest absolute Gasteiger partial charge is 0.496 e. The molecule has 0 atom stereocenters. The molecule has 0 unspecified atom stereocenters. The Morgan fingerprint density at radius 2 is 1.55 bits per heavy atom. The van der Waals surface area contributed by atoms with Crippen molar-refractivity contribution in [1.29, 1.82) is 0 Å². The van der Waals surface area contributed by atoms with E-state index in [1.165, 1.54) is 51.1 Å². The van der Waals surface area contributed by atoms with Crippen LogP contribution in [0.2, 0.25) is 0 Å². The highest BCUT2D eigenvalue weighted by atomic mass is 16.5. The maximum atomic E-state index is 5.67. The monoisotopic (exact) mass is 292 g/mol. The van der Waals surface area contributed by atoms with E-state index < -0.39 is 0 Å². The Morgan fingerprint density at radius 3 is 2.23 bits per heavy atom. The van der Waals surface area contributed by atoms with E-state index in [9.17, 15) is 0 Å². The molecule has 0 heterocycles. The highest BCUT2D eigenvalue weighted by molar-refractivity contribution is 6.12. The standard InChI is InChI=1S/C21H24O/c1-5-6-9-19-20(22-4)13-12-17-15(3)14(2)16-10-7-8-11-18(16)21(17)19/h7-8,10-13H,5-6,9H2,1-4H3. The van der Waals surface area contributed by atoms with Crippen molar-refractivity contribution in [2.24, 2.45) is 0 Å². The summed E-state index contributed by atoms with van der Waals surface area (Å²) >= 11 is 0. The number of ether oxygens (including phenoxy) is 1. The molecular formula is C21H24O. The second-order valence-electron chi connectivity index (χ2n) is 6.07. The van der Waals surface area contributed by atoms with E-state index in [1.54, 1.807) is 7.11 Å². The van der Waals surface area contributed by atoms with Crippen molar-refractivity contribution in [3.05, 3.63) is 53.1 Å². The van der Waals surface area contributed by atoms with Gasteiger partial charge < -0.3 is 4.74 Å². The van der Waals surface area contributed by atoms with Gasteiger partial charge in [0.2, 0.25) is 0 Å². The third-order valence-electron chi connectivity index (χ3n) is 4.84. The molecule has 0 amide bonds. The fourth-order valence-electron chi connectivity index (χ4n) is 3.47. The summed E-state index contributed by atoms with van der Waals surface area (Å²) in [5.41, 5.74) is 4.13. The van der Waals surface area contributed by atoms with Crippen LogP contribution in [0, 0.1) is 13.8 Å². The first-order valence-corrected chi connectivity index (χ1v) is 8.16. The average Bonchev–Trinajstić information content (AvgIpc) is 2.57. The van der Waals surface area contributed by atoms with Gasteiger partial charge in [-0.25, -0.2) is 0 Å². The normalized spacial score (nSPS) is 11.3. The van der Waals surface area contributed by atoms with Gasteiger partial charge in [-0.15, -0.1) is 0 Å². The lowest BCUT2D eigenvalue weighted by atomic mass is 9.89. The van der Waals surface area contributed by atoms with Crippen molar-refractivity contribution in [1.82, 2.24) is 0 Å². The molecular weight excluding hydrogens is 268 g/mol. The Balaban J connectivity index is 2.48. The van der Waals surface area contributed by atoms with E-state index in [2.05, 4.69) is 57.2 Å². The van der Waals surface area contributed by atoms with Gasteiger partial charge in [0.1, 0.15) is 5.75 Å². The summed E-state index contributed by atoms with van der Waals surface area (Å²) in [5.74, 6) is 1.02. The lowest BCUT2D eigenvalue weighted by Crippen LogP contribution is -1.97. The van der Waals surface area contributed by atoms with Crippen LogP contribution in [0.1, 0.15) is 36.5 Å². The van der Waals surface area contributed by atoms with Crippen molar-refractivity contribution in [3.63, 3.8) is 0 Å². The highest BCUT2D eigenvalue weighted by Crippen LogP contribution is 2.38. The minimum Gasteiger partial charge on any atom is -0.496 e. The van der Waals surface area contributed by atoms with E-state index in [4.69, 9.17) is 4.74 Å². The average molecular weight is 292 g/mol. The Kier molecular flexibility index (Phi) is 4.06. The molecule has 0 spiro atoms. The summed E-state index contributed by atoms with van der Waals surface area (Å²) in [7, 11) is 1.78. The Hall–Kier alpha value is -2.02. The lowest BCUT2D eigenvalue weighted by molar-refractivity contribution is 0.410. The van der Waals surface area contributed by atoms with Gasteiger partial charge in [0, 0.05) is 5.56 Å². The minimum absolute atomic E-state index is 1.02. The summed E-state index contributed by atoms with van der Waals surface area (Å²) in [6, 6.07) is 13.1. The first-order chi connectivity index (χ1) is 10.7. The smallest absolute Gasteiger partial charge is 0.122 e. The van der Waals surface area contributed by atoms with Crippen LogP contribution in [-0.2, 0) is 6.42 Å². The molecule has 0 saturated heterocycles. The molecule has 1 heteroatoms. The first kappa shape index (κ1) is 14.9. The molecule has 1 nitrogen and oxygen atoms in total. The maximum Gasteiger partial charge on any atom is 0.122 e. The molecule has 114 valence electrons. The maximum absolute atomic E-state index is 5.67.